The first kappa shape index (κ1) is 17.2. The maximum atomic E-state index is 12.2. The van der Waals surface area contributed by atoms with Crippen LogP contribution in [-0.2, 0) is 16.1 Å². The Labute approximate surface area is 144 Å². The summed E-state index contributed by atoms with van der Waals surface area (Å²) in [6, 6.07) is 15.3. The molecule has 2 amide bonds. The van der Waals surface area contributed by atoms with Crippen molar-refractivity contribution >= 4 is 33.4 Å². The largest absolute Gasteiger partial charge is 0.329 e. The molecule has 0 bridgehead atoms. The van der Waals surface area contributed by atoms with Crippen LogP contribution in [0.3, 0.4) is 0 Å². The van der Waals surface area contributed by atoms with E-state index >= 15 is 0 Å². The first-order valence-electron chi connectivity index (χ1n) is 7.31. The first-order valence-corrected chi connectivity index (χ1v) is 8.10. The van der Waals surface area contributed by atoms with Gasteiger partial charge >= 0.3 is 0 Å². The molecule has 120 valence electrons. The minimum atomic E-state index is -0.222. The van der Waals surface area contributed by atoms with Gasteiger partial charge in [0.2, 0.25) is 11.8 Å². The molecule has 2 aromatic rings. The van der Waals surface area contributed by atoms with Crippen molar-refractivity contribution in [2.75, 3.05) is 11.9 Å². The van der Waals surface area contributed by atoms with E-state index in [9.17, 15) is 9.59 Å². The number of hydrogen-bond acceptors (Lipinski definition) is 2. The van der Waals surface area contributed by atoms with E-state index in [2.05, 4.69) is 21.2 Å². The number of anilines is 1. The zero-order valence-corrected chi connectivity index (χ0v) is 14.8. The average molecular weight is 375 g/mol. The van der Waals surface area contributed by atoms with Gasteiger partial charge in [-0.2, -0.15) is 0 Å². The number of amides is 2. The van der Waals surface area contributed by atoms with Gasteiger partial charge in [0, 0.05) is 17.9 Å². The molecule has 0 saturated heterocycles. The molecule has 0 saturated carbocycles. The molecule has 5 heteroatoms. The fraction of sp³-hybridized carbons (Fsp3) is 0.222. The Hall–Kier alpha value is -2.14. The Balaban J connectivity index is 2.02. The molecule has 0 fully saturated rings. The Morgan fingerprint density at radius 2 is 1.83 bits per heavy atom. The van der Waals surface area contributed by atoms with E-state index in [4.69, 9.17) is 0 Å². The number of nitrogens with zero attached hydrogens (tertiary/aromatic N) is 1. The molecular formula is C18H19BrN2O2. The monoisotopic (exact) mass is 374 g/mol. The van der Waals surface area contributed by atoms with Gasteiger partial charge in [0.25, 0.3) is 0 Å². The van der Waals surface area contributed by atoms with Gasteiger partial charge < -0.3 is 10.2 Å². The van der Waals surface area contributed by atoms with E-state index < -0.39 is 0 Å². The second kappa shape index (κ2) is 7.92. The van der Waals surface area contributed by atoms with Crippen molar-refractivity contribution in [3.05, 3.63) is 64.1 Å². The van der Waals surface area contributed by atoms with Gasteiger partial charge in [-0.3, -0.25) is 9.59 Å². The molecule has 0 aromatic heterocycles. The summed E-state index contributed by atoms with van der Waals surface area (Å²) in [5.41, 5.74) is 2.79. The number of aryl methyl sites for hydroxylation is 1. The third-order valence-corrected chi connectivity index (χ3v) is 4.05. The van der Waals surface area contributed by atoms with Crippen LogP contribution in [0.15, 0.2) is 53.0 Å². The normalized spacial score (nSPS) is 10.2. The van der Waals surface area contributed by atoms with Gasteiger partial charge in [-0.05, 0) is 46.1 Å². The van der Waals surface area contributed by atoms with Crippen LogP contribution in [0.1, 0.15) is 18.1 Å². The van der Waals surface area contributed by atoms with Gasteiger partial charge in [-0.25, -0.2) is 0 Å². The number of carbonyl (C=O) groups excluding carboxylic acids is 2. The summed E-state index contributed by atoms with van der Waals surface area (Å²) in [5, 5.41) is 2.83. The maximum Gasteiger partial charge on any atom is 0.244 e. The third kappa shape index (κ3) is 5.21. The van der Waals surface area contributed by atoms with Crippen LogP contribution in [-0.4, -0.2) is 23.3 Å². The fourth-order valence-electron chi connectivity index (χ4n) is 2.17. The average Bonchev–Trinajstić information content (AvgIpc) is 2.50. The number of rotatable bonds is 5. The summed E-state index contributed by atoms with van der Waals surface area (Å²) in [6.07, 6.45) is 0. The zero-order valence-electron chi connectivity index (χ0n) is 13.2. The molecule has 0 spiro atoms. The summed E-state index contributed by atoms with van der Waals surface area (Å²) in [6.45, 7) is 3.88. The lowest BCUT2D eigenvalue weighted by Gasteiger charge is -2.21. The van der Waals surface area contributed by atoms with E-state index in [1.165, 1.54) is 11.8 Å². The number of nitrogens with one attached hydrogen (secondary N) is 1. The van der Waals surface area contributed by atoms with Crippen molar-refractivity contribution in [1.29, 1.82) is 0 Å². The van der Waals surface area contributed by atoms with Crippen LogP contribution in [0, 0.1) is 6.92 Å². The number of benzene rings is 2. The minimum absolute atomic E-state index is 0.0184. The van der Waals surface area contributed by atoms with Crippen molar-refractivity contribution in [3.63, 3.8) is 0 Å². The fourth-order valence-corrected chi connectivity index (χ4v) is 2.76. The number of hydrogen-bond donors (Lipinski definition) is 1. The molecule has 0 unspecified atom stereocenters. The highest BCUT2D eigenvalue weighted by Crippen LogP contribution is 2.23. The summed E-state index contributed by atoms with van der Waals surface area (Å²) >= 11 is 3.43. The standard InChI is InChI=1S/C18H19BrN2O2/c1-13-8-9-17(16(19)10-13)20-18(23)12-21(14(2)22)11-15-6-4-3-5-7-15/h3-10H,11-12H2,1-2H3,(H,20,23). The van der Waals surface area contributed by atoms with Crippen molar-refractivity contribution in [2.24, 2.45) is 0 Å². The topological polar surface area (TPSA) is 49.4 Å². The molecular weight excluding hydrogens is 356 g/mol. The summed E-state index contributed by atoms with van der Waals surface area (Å²) in [4.78, 5) is 25.5. The molecule has 1 N–H and O–H groups in total. The molecule has 0 aliphatic rings. The zero-order chi connectivity index (χ0) is 16.8. The predicted molar refractivity (Wildman–Crippen MR) is 95.0 cm³/mol. The molecule has 0 heterocycles. The molecule has 0 atom stereocenters. The molecule has 23 heavy (non-hydrogen) atoms. The van der Waals surface area contributed by atoms with Crippen molar-refractivity contribution in [1.82, 2.24) is 4.90 Å². The highest BCUT2D eigenvalue weighted by atomic mass is 79.9. The van der Waals surface area contributed by atoms with Crippen LogP contribution in [0.25, 0.3) is 0 Å². The highest BCUT2D eigenvalue weighted by Gasteiger charge is 2.15. The summed E-state index contributed by atoms with van der Waals surface area (Å²) in [5.74, 6) is -0.354. The van der Waals surface area contributed by atoms with E-state index in [0.717, 1.165) is 15.6 Å². The predicted octanol–water partition coefficient (Wildman–Crippen LogP) is 3.74. The number of carbonyl (C=O) groups is 2. The molecule has 0 radical (unpaired) electrons. The first-order chi connectivity index (χ1) is 11.0. The van der Waals surface area contributed by atoms with E-state index in [0.29, 0.717) is 12.2 Å². The Morgan fingerprint density at radius 3 is 2.43 bits per heavy atom. The van der Waals surface area contributed by atoms with Gasteiger partial charge in [0.05, 0.1) is 5.69 Å². The molecule has 2 aromatic carbocycles. The summed E-state index contributed by atoms with van der Waals surface area (Å²) < 4.78 is 0.822. The van der Waals surface area contributed by atoms with Crippen molar-refractivity contribution in [3.8, 4) is 0 Å². The van der Waals surface area contributed by atoms with Crippen molar-refractivity contribution in [2.45, 2.75) is 20.4 Å². The maximum absolute atomic E-state index is 12.2. The second-order valence-corrected chi connectivity index (χ2v) is 6.25. The molecule has 0 aliphatic heterocycles. The van der Waals surface area contributed by atoms with Crippen LogP contribution in [0.5, 0.6) is 0 Å². The molecule has 0 aliphatic carbocycles. The summed E-state index contributed by atoms with van der Waals surface area (Å²) in [7, 11) is 0. The van der Waals surface area contributed by atoms with Gasteiger partial charge in [-0.15, -0.1) is 0 Å². The smallest absolute Gasteiger partial charge is 0.244 e. The molecule has 2 rings (SSSR count). The lowest BCUT2D eigenvalue weighted by atomic mass is 10.2. The van der Waals surface area contributed by atoms with Crippen LogP contribution >= 0.6 is 15.9 Å². The Kier molecular flexibility index (Phi) is 5.93. The second-order valence-electron chi connectivity index (χ2n) is 5.39. The minimum Gasteiger partial charge on any atom is -0.329 e. The molecule has 4 nitrogen and oxygen atoms in total. The Bertz CT molecular complexity index is 701. The van der Waals surface area contributed by atoms with E-state index in [1.54, 1.807) is 0 Å². The van der Waals surface area contributed by atoms with E-state index in [1.807, 2.05) is 55.5 Å². The highest BCUT2D eigenvalue weighted by molar-refractivity contribution is 9.10. The van der Waals surface area contributed by atoms with E-state index in [-0.39, 0.29) is 18.4 Å². The van der Waals surface area contributed by atoms with Gasteiger partial charge in [0.1, 0.15) is 6.54 Å². The van der Waals surface area contributed by atoms with Gasteiger partial charge in [0.15, 0.2) is 0 Å². The third-order valence-electron chi connectivity index (χ3n) is 3.39. The van der Waals surface area contributed by atoms with Gasteiger partial charge in [-0.1, -0.05) is 36.4 Å². The SMILES string of the molecule is CC(=O)N(CC(=O)Nc1ccc(C)cc1Br)Cc1ccccc1. The lowest BCUT2D eigenvalue weighted by Crippen LogP contribution is -2.36. The van der Waals surface area contributed by atoms with Crippen LogP contribution in [0.2, 0.25) is 0 Å². The Morgan fingerprint density at radius 1 is 1.13 bits per heavy atom. The van der Waals surface area contributed by atoms with Crippen LogP contribution in [0.4, 0.5) is 5.69 Å². The van der Waals surface area contributed by atoms with Crippen molar-refractivity contribution < 1.29 is 9.59 Å². The quantitative estimate of drug-likeness (QED) is 0.866. The number of halogens is 1. The lowest BCUT2D eigenvalue weighted by molar-refractivity contribution is -0.133. The van der Waals surface area contributed by atoms with Crippen LogP contribution < -0.4 is 5.32 Å².